The molecule has 0 amide bonds. The Balaban J connectivity index is 3.00. The smallest absolute Gasteiger partial charge is 0.480 e. The number of carboxylic acid groups (broad SMARTS) is 1. The summed E-state index contributed by atoms with van der Waals surface area (Å²) >= 11 is 0. The van der Waals surface area contributed by atoms with Gasteiger partial charge in [0.15, 0.2) is 11.5 Å². The number of hydrogen-bond donors (Lipinski definition) is 2. The normalized spacial score (nSPS) is 14.0. The van der Waals surface area contributed by atoms with E-state index in [0.29, 0.717) is 5.56 Å². The maximum absolute atomic E-state index is 12.3. The lowest BCUT2D eigenvalue weighted by molar-refractivity contribution is -0.149. The number of rotatable bonds is 17. The second kappa shape index (κ2) is 18.1. The Morgan fingerprint density at radius 1 is 0.850 bits per heavy atom. The number of ether oxygens (including phenoxy) is 5. The molecule has 1 aromatic carbocycles. The Morgan fingerprint density at radius 3 is 1.90 bits per heavy atom. The van der Waals surface area contributed by atoms with Crippen molar-refractivity contribution in [3.8, 4) is 11.5 Å². The molecular weight excluding hydrogens is 522 g/mol. The summed E-state index contributed by atoms with van der Waals surface area (Å²) in [4.78, 5) is 48.4. The fourth-order valence-corrected chi connectivity index (χ4v) is 3.18. The van der Waals surface area contributed by atoms with Crippen LogP contribution >= 0.6 is 0 Å². The van der Waals surface area contributed by atoms with Crippen molar-refractivity contribution in [3.63, 3.8) is 0 Å². The summed E-state index contributed by atoms with van der Waals surface area (Å²) in [7, 11) is 0. The van der Waals surface area contributed by atoms with Gasteiger partial charge in [0.2, 0.25) is 0 Å². The van der Waals surface area contributed by atoms with E-state index in [2.05, 4.69) is 5.32 Å². The van der Waals surface area contributed by atoms with E-state index in [9.17, 15) is 24.3 Å². The monoisotopic (exact) mass is 567 g/mol. The number of carbonyl (C=O) groups excluding carboxylic acids is 3. The number of hydrogen-bond acceptors (Lipinski definition) is 10. The van der Waals surface area contributed by atoms with Crippen LogP contribution in [0.15, 0.2) is 18.2 Å². The molecule has 226 valence electrons. The molecule has 11 heteroatoms. The standard InChI is InChI=1S/C29H45NO10/c1-8-19(5)16-36-28(34)39-24-11-10-22(14-25(24)40-29(35)37-17-20(6)9-2)13-23(27(32)33)30-15-21(7)38-26(31)12-18(3)4/h10-11,14,18-21,23,30H,8-9,12-13,15-17H2,1-7H3,(H,32,33)/t19?,20?,21?,23-/m0/s1. The fourth-order valence-electron chi connectivity index (χ4n) is 3.18. The van der Waals surface area contributed by atoms with E-state index in [0.717, 1.165) is 12.8 Å². The molecule has 0 heterocycles. The van der Waals surface area contributed by atoms with Crippen LogP contribution in [-0.2, 0) is 30.2 Å². The predicted octanol–water partition coefficient (Wildman–Crippen LogP) is 5.37. The van der Waals surface area contributed by atoms with Crippen LogP contribution in [0.25, 0.3) is 0 Å². The molecule has 0 aliphatic carbocycles. The summed E-state index contributed by atoms with van der Waals surface area (Å²) in [6.45, 7) is 13.7. The van der Waals surface area contributed by atoms with Gasteiger partial charge in [-0.05, 0) is 48.8 Å². The number of nitrogens with one attached hydrogen (secondary N) is 1. The molecule has 0 aliphatic heterocycles. The van der Waals surface area contributed by atoms with Gasteiger partial charge in [0.1, 0.15) is 12.1 Å². The average Bonchev–Trinajstić information content (AvgIpc) is 2.88. The molecular formula is C29H45NO10. The van der Waals surface area contributed by atoms with E-state index < -0.39 is 30.4 Å². The largest absolute Gasteiger partial charge is 0.513 e. The zero-order valence-electron chi connectivity index (χ0n) is 24.7. The van der Waals surface area contributed by atoms with E-state index in [1.807, 2.05) is 41.5 Å². The van der Waals surface area contributed by atoms with Crippen molar-refractivity contribution in [2.24, 2.45) is 17.8 Å². The second-order valence-corrected chi connectivity index (χ2v) is 10.5. The van der Waals surface area contributed by atoms with Gasteiger partial charge in [0, 0.05) is 13.0 Å². The SMILES string of the molecule is CCC(C)COC(=O)Oc1ccc(C[C@H](NCC(C)OC(=O)CC(C)C)C(=O)O)cc1OC(=O)OCC(C)CC. The summed E-state index contributed by atoms with van der Waals surface area (Å²) in [5.41, 5.74) is 0.481. The zero-order chi connectivity index (χ0) is 30.2. The molecule has 0 spiro atoms. The Hall–Kier alpha value is -3.34. The quantitative estimate of drug-likeness (QED) is 0.142. The maximum Gasteiger partial charge on any atom is 0.513 e. The molecule has 11 nitrogen and oxygen atoms in total. The van der Waals surface area contributed by atoms with Crippen LogP contribution < -0.4 is 14.8 Å². The predicted molar refractivity (Wildman–Crippen MR) is 147 cm³/mol. The molecule has 1 aromatic rings. The number of esters is 1. The zero-order valence-corrected chi connectivity index (χ0v) is 24.7. The van der Waals surface area contributed by atoms with Crippen molar-refractivity contribution in [1.29, 1.82) is 0 Å². The lowest BCUT2D eigenvalue weighted by atomic mass is 10.0. The van der Waals surface area contributed by atoms with Crippen LogP contribution in [0.5, 0.6) is 11.5 Å². The van der Waals surface area contributed by atoms with E-state index in [1.54, 1.807) is 13.0 Å². The van der Waals surface area contributed by atoms with E-state index in [1.165, 1.54) is 12.1 Å². The van der Waals surface area contributed by atoms with Gasteiger partial charge >= 0.3 is 24.2 Å². The van der Waals surface area contributed by atoms with E-state index in [-0.39, 0.29) is 67.8 Å². The van der Waals surface area contributed by atoms with Crippen LogP contribution in [0.4, 0.5) is 9.59 Å². The van der Waals surface area contributed by atoms with Crippen LogP contribution in [-0.4, -0.2) is 61.3 Å². The van der Waals surface area contributed by atoms with Crippen molar-refractivity contribution >= 4 is 24.2 Å². The third kappa shape index (κ3) is 14.2. The molecule has 40 heavy (non-hydrogen) atoms. The highest BCUT2D eigenvalue weighted by Gasteiger charge is 2.23. The molecule has 0 saturated heterocycles. The Bertz CT molecular complexity index is 964. The Morgan fingerprint density at radius 2 is 1.40 bits per heavy atom. The second-order valence-electron chi connectivity index (χ2n) is 10.5. The van der Waals surface area contributed by atoms with Gasteiger partial charge in [-0.2, -0.15) is 0 Å². The van der Waals surface area contributed by atoms with Crippen molar-refractivity contribution in [3.05, 3.63) is 23.8 Å². The average molecular weight is 568 g/mol. The fraction of sp³-hybridized carbons (Fsp3) is 0.655. The number of carboxylic acids is 1. The van der Waals surface area contributed by atoms with Gasteiger partial charge in [-0.3, -0.25) is 9.59 Å². The van der Waals surface area contributed by atoms with Gasteiger partial charge in [0.05, 0.1) is 13.2 Å². The summed E-state index contributed by atoms with van der Waals surface area (Å²) in [6.07, 6.45) is -0.593. The van der Waals surface area contributed by atoms with Crippen molar-refractivity contribution < 1.29 is 48.0 Å². The molecule has 0 radical (unpaired) electrons. The van der Waals surface area contributed by atoms with Gasteiger partial charge in [-0.15, -0.1) is 0 Å². The minimum atomic E-state index is -1.12. The minimum absolute atomic E-state index is 0.000981. The first-order chi connectivity index (χ1) is 18.8. The highest BCUT2D eigenvalue weighted by atomic mass is 16.7. The van der Waals surface area contributed by atoms with Gasteiger partial charge < -0.3 is 34.1 Å². The molecule has 4 atom stereocenters. The van der Waals surface area contributed by atoms with Crippen LogP contribution in [0.1, 0.15) is 73.3 Å². The Labute approximate surface area is 236 Å². The Kier molecular flexibility index (Phi) is 15.7. The molecule has 2 N–H and O–H groups in total. The molecule has 0 aromatic heterocycles. The topological polar surface area (TPSA) is 147 Å². The number of benzene rings is 1. The van der Waals surface area contributed by atoms with Gasteiger partial charge in [-0.1, -0.05) is 60.5 Å². The molecule has 0 aliphatic rings. The number of carbonyl (C=O) groups is 4. The molecule has 3 unspecified atom stereocenters. The van der Waals surface area contributed by atoms with Crippen molar-refractivity contribution in [2.45, 2.75) is 86.3 Å². The highest BCUT2D eigenvalue weighted by molar-refractivity contribution is 5.74. The first-order valence-corrected chi connectivity index (χ1v) is 13.8. The first-order valence-electron chi connectivity index (χ1n) is 13.8. The van der Waals surface area contributed by atoms with Crippen LogP contribution in [0.3, 0.4) is 0 Å². The summed E-state index contributed by atoms with van der Waals surface area (Å²) in [5.74, 6) is -1.25. The van der Waals surface area contributed by atoms with Crippen LogP contribution in [0, 0.1) is 17.8 Å². The third-order valence-electron chi connectivity index (χ3n) is 6.06. The number of aliphatic carboxylic acids is 1. The first kappa shape index (κ1) is 34.7. The maximum atomic E-state index is 12.3. The van der Waals surface area contributed by atoms with Gasteiger partial charge in [0.25, 0.3) is 0 Å². The van der Waals surface area contributed by atoms with Crippen LogP contribution in [0.2, 0.25) is 0 Å². The molecule has 1 rings (SSSR count). The molecule has 0 saturated carbocycles. The lowest BCUT2D eigenvalue weighted by Gasteiger charge is -2.19. The highest BCUT2D eigenvalue weighted by Crippen LogP contribution is 2.30. The van der Waals surface area contributed by atoms with Gasteiger partial charge in [-0.25, -0.2) is 9.59 Å². The van der Waals surface area contributed by atoms with E-state index in [4.69, 9.17) is 23.7 Å². The molecule has 0 bridgehead atoms. The summed E-state index contributed by atoms with van der Waals surface area (Å²) in [6, 6.07) is 3.32. The summed E-state index contributed by atoms with van der Waals surface area (Å²) < 4.78 is 26.2. The summed E-state index contributed by atoms with van der Waals surface area (Å²) in [5, 5.41) is 12.6. The minimum Gasteiger partial charge on any atom is -0.480 e. The molecule has 0 fully saturated rings. The third-order valence-corrected chi connectivity index (χ3v) is 6.06. The van der Waals surface area contributed by atoms with Crippen molar-refractivity contribution in [2.75, 3.05) is 19.8 Å². The van der Waals surface area contributed by atoms with E-state index >= 15 is 0 Å². The lowest BCUT2D eigenvalue weighted by Crippen LogP contribution is -2.42. The van der Waals surface area contributed by atoms with Crippen molar-refractivity contribution in [1.82, 2.24) is 5.32 Å².